The molecule has 6 aliphatic carbocycles. The van der Waals surface area contributed by atoms with Gasteiger partial charge in [-0.3, -0.25) is 0 Å². The summed E-state index contributed by atoms with van der Waals surface area (Å²) in [7, 11) is 0. The number of hydrogen-bond donors (Lipinski definition) is 0. The normalized spacial score (nSPS) is 19.8. The van der Waals surface area contributed by atoms with Crippen molar-refractivity contribution >= 4 is 0 Å². The van der Waals surface area contributed by atoms with Gasteiger partial charge in [0.2, 0.25) is 0 Å². The van der Waals surface area contributed by atoms with E-state index in [1.165, 1.54) is 128 Å². The predicted molar refractivity (Wildman–Crippen MR) is 242 cm³/mol. The Morgan fingerprint density at radius 2 is 0.607 bits per heavy atom. The van der Waals surface area contributed by atoms with Gasteiger partial charge in [0.25, 0.3) is 0 Å². The maximum absolute atomic E-state index is 5.53. The van der Waals surface area contributed by atoms with Gasteiger partial charge in [-0.1, -0.05) is 71.6 Å². The second-order valence-electron chi connectivity index (χ2n) is 19.3. The summed E-state index contributed by atoms with van der Waals surface area (Å²) in [5.74, 6) is 4.67. The standard InChI is InChI=1S/C10H20O.2C9H18O.C8H16O.C7H14O.C6H12O.CH4/c1-9(2)11-8-7-10-5-3-4-6-10;1-8(2)10-7-6-9-4-3-5-9;1-8(2)10-7-9-5-3-4-6-9;1-7(2)9-6-8-4-3-5-8;1-6(2)8-5-7-3-4-7;1-5(2)7-6-3-4-6;/h9-10H,3-8H2,1-2H3;2*8-9H,3-7H2,1-2H3;7-8H,3-6H2,1-2H3;6-7H,3-5H2,1-2H3;5-6H,3-4H2,1-2H3;1H4. The van der Waals surface area contributed by atoms with Gasteiger partial charge in [0.1, 0.15) is 0 Å². The Balaban J connectivity index is 0.000000649. The summed E-state index contributed by atoms with van der Waals surface area (Å²) in [6.45, 7) is 30.1. The molecule has 0 radical (unpaired) electrons. The number of ether oxygens (including phenoxy) is 6. The quantitative estimate of drug-likeness (QED) is 0.130. The highest BCUT2D eigenvalue weighted by Gasteiger charge is 2.23. The second-order valence-corrected chi connectivity index (χ2v) is 19.3. The molecule has 0 aromatic heterocycles. The third-order valence-corrected chi connectivity index (χ3v) is 11.0. The molecular formula is C50H102O6. The Kier molecular flexibility index (Phi) is 35.4. The molecule has 0 spiro atoms. The lowest BCUT2D eigenvalue weighted by Crippen LogP contribution is -2.19. The van der Waals surface area contributed by atoms with Crippen molar-refractivity contribution in [2.24, 2.45) is 29.6 Å². The van der Waals surface area contributed by atoms with Crippen LogP contribution in [-0.2, 0) is 28.4 Å². The van der Waals surface area contributed by atoms with Crippen molar-refractivity contribution in [3.8, 4) is 0 Å². The number of hydrogen-bond acceptors (Lipinski definition) is 6. The second kappa shape index (κ2) is 35.5. The molecule has 6 rings (SSSR count). The fraction of sp³-hybridized carbons (Fsp3) is 1.00. The maximum atomic E-state index is 5.53. The molecule has 6 fully saturated rings. The van der Waals surface area contributed by atoms with E-state index in [0.717, 1.165) is 62.6 Å². The van der Waals surface area contributed by atoms with Gasteiger partial charge in [-0.15, -0.1) is 0 Å². The van der Waals surface area contributed by atoms with Crippen LogP contribution in [0, 0.1) is 29.6 Å². The summed E-state index contributed by atoms with van der Waals surface area (Å²) < 4.78 is 32.7. The van der Waals surface area contributed by atoms with Crippen LogP contribution in [0.3, 0.4) is 0 Å². The Labute approximate surface area is 351 Å². The van der Waals surface area contributed by atoms with Crippen molar-refractivity contribution in [3.05, 3.63) is 0 Å². The van der Waals surface area contributed by atoms with Crippen LogP contribution in [0.25, 0.3) is 0 Å². The zero-order valence-corrected chi connectivity index (χ0v) is 39.1. The molecule has 0 heterocycles. The molecule has 0 atom stereocenters. The van der Waals surface area contributed by atoms with Gasteiger partial charge in [-0.2, -0.15) is 0 Å². The van der Waals surface area contributed by atoms with E-state index < -0.39 is 0 Å². The summed E-state index contributed by atoms with van der Waals surface area (Å²) in [6, 6.07) is 0. The molecule has 6 aliphatic rings. The van der Waals surface area contributed by atoms with Crippen molar-refractivity contribution in [1.29, 1.82) is 0 Å². The van der Waals surface area contributed by atoms with Gasteiger partial charge in [0, 0.05) is 33.0 Å². The van der Waals surface area contributed by atoms with E-state index in [2.05, 4.69) is 83.1 Å². The molecule has 0 N–H and O–H groups in total. The van der Waals surface area contributed by atoms with Crippen LogP contribution < -0.4 is 0 Å². The first-order chi connectivity index (χ1) is 26.2. The SMILES string of the molecule is C.CC(C)OC1CC1.CC(C)OCC1CC1.CC(C)OCC1CCC1.CC(C)OCC1CCCC1.CC(C)OCCC1CCC1.CC(C)OCCC1CCCC1. The fourth-order valence-electron chi connectivity index (χ4n) is 6.72. The van der Waals surface area contributed by atoms with Gasteiger partial charge in [-0.05, 0) is 177 Å². The molecular weight excluding hydrogens is 697 g/mol. The fourth-order valence-corrected chi connectivity index (χ4v) is 6.72. The molecule has 56 heavy (non-hydrogen) atoms. The van der Waals surface area contributed by atoms with E-state index in [0.29, 0.717) is 42.7 Å². The lowest BCUT2D eigenvalue weighted by molar-refractivity contribution is 0.0298. The van der Waals surface area contributed by atoms with E-state index in [1.54, 1.807) is 0 Å². The van der Waals surface area contributed by atoms with Crippen LogP contribution in [0.2, 0.25) is 0 Å². The van der Waals surface area contributed by atoms with Crippen molar-refractivity contribution in [1.82, 2.24) is 0 Å². The Morgan fingerprint density at radius 3 is 0.821 bits per heavy atom. The summed E-state index contributed by atoms with van der Waals surface area (Å²) in [6.07, 6.45) is 31.1. The highest BCUT2D eigenvalue weighted by atomic mass is 16.5. The Bertz CT molecular complexity index is 798. The first-order valence-corrected chi connectivity index (χ1v) is 24.0. The van der Waals surface area contributed by atoms with Crippen LogP contribution >= 0.6 is 0 Å². The van der Waals surface area contributed by atoms with Crippen LogP contribution in [0.5, 0.6) is 0 Å². The van der Waals surface area contributed by atoms with E-state index in [9.17, 15) is 0 Å². The minimum atomic E-state index is 0. The molecule has 6 saturated carbocycles. The van der Waals surface area contributed by atoms with Crippen molar-refractivity contribution in [3.63, 3.8) is 0 Å². The largest absolute Gasteiger partial charge is 0.379 e. The zero-order chi connectivity index (χ0) is 40.8. The topological polar surface area (TPSA) is 55.4 Å². The van der Waals surface area contributed by atoms with Crippen LogP contribution in [0.1, 0.15) is 219 Å². The molecule has 6 nitrogen and oxygen atoms in total. The molecule has 0 saturated heterocycles. The summed E-state index contributed by atoms with van der Waals surface area (Å²) in [5, 5.41) is 0. The molecule has 0 aliphatic heterocycles. The zero-order valence-electron chi connectivity index (χ0n) is 39.1. The van der Waals surface area contributed by atoms with Crippen molar-refractivity contribution < 1.29 is 28.4 Å². The number of rotatable bonds is 19. The summed E-state index contributed by atoms with van der Waals surface area (Å²) >= 11 is 0. The van der Waals surface area contributed by atoms with Crippen molar-refractivity contribution in [2.75, 3.05) is 33.0 Å². The van der Waals surface area contributed by atoms with Gasteiger partial charge in [0.05, 0.1) is 42.7 Å². The van der Waals surface area contributed by atoms with Crippen LogP contribution in [0.4, 0.5) is 0 Å². The van der Waals surface area contributed by atoms with Gasteiger partial charge >= 0.3 is 0 Å². The molecule has 338 valence electrons. The Hall–Kier alpha value is -0.240. The van der Waals surface area contributed by atoms with Gasteiger partial charge in [-0.25, -0.2) is 0 Å². The molecule has 0 aromatic carbocycles. The summed E-state index contributed by atoms with van der Waals surface area (Å²) in [5.41, 5.74) is 0. The molecule has 0 amide bonds. The van der Waals surface area contributed by atoms with Crippen LogP contribution in [0.15, 0.2) is 0 Å². The van der Waals surface area contributed by atoms with Gasteiger partial charge in [0.15, 0.2) is 0 Å². The van der Waals surface area contributed by atoms with Crippen molar-refractivity contribution in [2.45, 2.75) is 262 Å². The predicted octanol–water partition coefficient (Wildman–Crippen LogP) is 14.4. The monoisotopic (exact) mass is 799 g/mol. The van der Waals surface area contributed by atoms with E-state index in [1.807, 2.05) is 0 Å². The first kappa shape index (κ1) is 55.8. The molecule has 0 bridgehead atoms. The molecule has 0 unspecified atom stereocenters. The summed E-state index contributed by atoms with van der Waals surface area (Å²) in [4.78, 5) is 0. The smallest absolute Gasteiger partial charge is 0.0580 e. The molecule has 0 aromatic rings. The third-order valence-electron chi connectivity index (χ3n) is 11.0. The average Bonchev–Trinajstić information content (AvgIpc) is 3.95. The van der Waals surface area contributed by atoms with E-state index >= 15 is 0 Å². The maximum Gasteiger partial charge on any atom is 0.0580 e. The van der Waals surface area contributed by atoms with E-state index in [-0.39, 0.29) is 7.43 Å². The lowest BCUT2D eigenvalue weighted by Gasteiger charge is -2.25. The minimum Gasteiger partial charge on any atom is -0.379 e. The van der Waals surface area contributed by atoms with Crippen LogP contribution in [-0.4, -0.2) is 75.8 Å². The minimum absolute atomic E-state index is 0. The Morgan fingerprint density at radius 1 is 0.321 bits per heavy atom. The third kappa shape index (κ3) is 38.0. The van der Waals surface area contributed by atoms with E-state index in [4.69, 9.17) is 28.4 Å². The van der Waals surface area contributed by atoms with Gasteiger partial charge < -0.3 is 28.4 Å². The molecule has 6 heteroatoms. The highest BCUT2D eigenvalue weighted by molar-refractivity contribution is 4.74. The average molecular weight is 799 g/mol. The lowest BCUT2D eigenvalue weighted by atomic mass is 9.83. The highest BCUT2D eigenvalue weighted by Crippen LogP contribution is 2.30. The first-order valence-electron chi connectivity index (χ1n) is 24.0.